The lowest BCUT2D eigenvalue weighted by Crippen LogP contribution is -2.54. The van der Waals surface area contributed by atoms with Gasteiger partial charge in [-0.3, -0.25) is 9.59 Å². The van der Waals surface area contributed by atoms with Crippen molar-refractivity contribution < 1.29 is 24.0 Å². The molecule has 2 rings (SSSR count). The lowest BCUT2D eigenvalue weighted by atomic mass is 9.74. The number of halogens is 1. The maximum atomic E-state index is 13.2. The van der Waals surface area contributed by atoms with Crippen LogP contribution in [0.5, 0.6) is 0 Å². The molecule has 1 aliphatic rings. The van der Waals surface area contributed by atoms with Crippen LogP contribution in [-0.2, 0) is 9.59 Å². The van der Waals surface area contributed by atoms with E-state index in [4.69, 9.17) is 0 Å². The SMILES string of the molecule is CC(C)CC(NC(=O)C(CC(=O)C1CCN1c1ccc(F)cc1)C(C)C)B(O)O. The second kappa shape index (κ2) is 10.2. The molecule has 3 unspecified atom stereocenters. The average Bonchev–Trinajstić information content (AvgIpc) is 2.59. The summed E-state index contributed by atoms with van der Waals surface area (Å²) < 4.78 is 13.2. The fraction of sp³-hybridized carbons (Fsp3) is 0.619. The van der Waals surface area contributed by atoms with Gasteiger partial charge in [0.15, 0.2) is 5.78 Å². The Labute approximate surface area is 172 Å². The number of benzene rings is 1. The number of rotatable bonds is 10. The maximum Gasteiger partial charge on any atom is 0.475 e. The van der Waals surface area contributed by atoms with Crippen molar-refractivity contribution in [3.05, 3.63) is 30.1 Å². The Morgan fingerprint density at radius 2 is 1.83 bits per heavy atom. The fourth-order valence-corrected chi connectivity index (χ4v) is 3.70. The van der Waals surface area contributed by atoms with E-state index in [2.05, 4.69) is 5.32 Å². The van der Waals surface area contributed by atoms with Gasteiger partial charge in [-0.25, -0.2) is 4.39 Å². The molecule has 0 saturated carbocycles. The van der Waals surface area contributed by atoms with Gasteiger partial charge in [0.25, 0.3) is 0 Å². The van der Waals surface area contributed by atoms with Crippen LogP contribution in [0.4, 0.5) is 10.1 Å². The van der Waals surface area contributed by atoms with Gasteiger partial charge >= 0.3 is 7.12 Å². The summed E-state index contributed by atoms with van der Waals surface area (Å²) in [5.74, 6) is -1.89. The number of hydrogen-bond acceptors (Lipinski definition) is 5. The molecule has 1 aromatic carbocycles. The number of amides is 1. The minimum atomic E-state index is -1.65. The van der Waals surface area contributed by atoms with Crippen LogP contribution in [0.1, 0.15) is 47.0 Å². The van der Waals surface area contributed by atoms with Crippen LogP contribution in [0.2, 0.25) is 0 Å². The Morgan fingerprint density at radius 3 is 2.28 bits per heavy atom. The highest BCUT2D eigenvalue weighted by molar-refractivity contribution is 6.43. The predicted molar refractivity (Wildman–Crippen MR) is 112 cm³/mol. The molecule has 8 heteroatoms. The molecule has 1 amide bonds. The summed E-state index contributed by atoms with van der Waals surface area (Å²) in [6.07, 6.45) is 1.22. The third-order valence-corrected chi connectivity index (χ3v) is 5.53. The quantitative estimate of drug-likeness (QED) is 0.519. The number of hydrogen-bond donors (Lipinski definition) is 3. The number of carbonyl (C=O) groups is 2. The normalized spacial score (nSPS) is 18.4. The zero-order valence-electron chi connectivity index (χ0n) is 17.6. The summed E-state index contributed by atoms with van der Waals surface area (Å²) in [6, 6.07) is 5.73. The van der Waals surface area contributed by atoms with Crippen molar-refractivity contribution in [1.29, 1.82) is 0 Å². The highest BCUT2D eigenvalue weighted by Gasteiger charge is 2.38. The van der Waals surface area contributed by atoms with E-state index in [1.54, 1.807) is 12.1 Å². The Hall–Kier alpha value is -1.93. The first-order valence-electron chi connectivity index (χ1n) is 10.3. The highest BCUT2D eigenvalue weighted by atomic mass is 19.1. The smallest absolute Gasteiger partial charge is 0.426 e. The van der Waals surface area contributed by atoms with Crippen LogP contribution in [0.25, 0.3) is 0 Å². The minimum absolute atomic E-state index is 0.0284. The van der Waals surface area contributed by atoms with Crippen molar-refractivity contribution in [2.45, 2.75) is 58.9 Å². The number of carbonyl (C=O) groups excluding carboxylic acids is 2. The molecular formula is C21H32BFN2O4. The Morgan fingerprint density at radius 1 is 1.21 bits per heavy atom. The van der Waals surface area contributed by atoms with Crippen LogP contribution < -0.4 is 10.2 Å². The maximum absolute atomic E-state index is 13.2. The second-order valence-electron chi connectivity index (χ2n) is 8.65. The molecule has 29 heavy (non-hydrogen) atoms. The Bertz CT molecular complexity index is 696. The van der Waals surface area contributed by atoms with E-state index in [-0.39, 0.29) is 41.8 Å². The first kappa shape index (κ1) is 23.4. The number of ketones is 1. The summed E-state index contributed by atoms with van der Waals surface area (Å²) in [6.45, 7) is 8.34. The van der Waals surface area contributed by atoms with E-state index in [1.807, 2.05) is 32.6 Å². The van der Waals surface area contributed by atoms with E-state index in [1.165, 1.54) is 12.1 Å². The van der Waals surface area contributed by atoms with Gasteiger partial charge in [0.2, 0.25) is 5.91 Å². The molecule has 0 spiro atoms. The Kier molecular flexibility index (Phi) is 8.22. The van der Waals surface area contributed by atoms with Gasteiger partial charge in [-0.05, 0) is 48.9 Å². The lowest BCUT2D eigenvalue weighted by Gasteiger charge is -2.42. The van der Waals surface area contributed by atoms with Gasteiger partial charge in [0.1, 0.15) is 5.82 Å². The van der Waals surface area contributed by atoms with Crippen molar-refractivity contribution in [1.82, 2.24) is 5.32 Å². The first-order chi connectivity index (χ1) is 13.6. The lowest BCUT2D eigenvalue weighted by molar-refractivity contribution is -0.132. The molecule has 0 aromatic heterocycles. The van der Waals surface area contributed by atoms with Gasteiger partial charge in [-0.2, -0.15) is 0 Å². The predicted octanol–water partition coefficient (Wildman–Crippen LogP) is 2.18. The van der Waals surface area contributed by atoms with E-state index < -0.39 is 19.0 Å². The van der Waals surface area contributed by atoms with Gasteiger partial charge in [-0.1, -0.05) is 27.7 Å². The third-order valence-electron chi connectivity index (χ3n) is 5.53. The topological polar surface area (TPSA) is 89.9 Å². The second-order valence-corrected chi connectivity index (χ2v) is 8.65. The van der Waals surface area contributed by atoms with Gasteiger partial charge < -0.3 is 20.3 Å². The molecule has 1 aromatic rings. The van der Waals surface area contributed by atoms with Crippen molar-refractivity contribution in [3.63, 3.8) is 0 Å². The molecule has 0 radical (unpaired) electrons. The molecule has 3 atom stereocenters. The molecule has 6 nitrogen and oxygen atoms in total. The first-order valence-corrected chi connectivity index (χ1v) is 10.3. The van der Waals surface area contributed by atoms with E-state index in [0.717, 1.165) is 5.69 Å². The van der Waals surface area contributed by atoms with Crippen molar-refractivity contribution in [3.8, 4) is 0 Å². The minimum Gasteiger partial charge on any atom is -0.426 e. The summed E-state index contributed by atoms with van der Waals surface area (Å²) in [7, 11) is -1.65. The number of Topliss-reactive ketones (excluding diaryl/α,β-unsaturated/α-hetero) is 1. The molecular weight excluding hydrogens is 374 g/mol. The average molecular weight is 406 g/mol. The van der Waals surface area contributed by atoms with Crippen LogP contribution in [-0.4, -0.2) is 47.4 Å². The van der Waals surface area contributed by atoms with E-state index in [9.17, 15) is 24.0 Å². The highest BCUT2D eigenvalue weighted by Crippen LogP contribution is 2.29. The van der Waals surface area contributed by atoms with Crippen LogP contribution in [0.15, 0.2) is 24.3 Å². The number of nitrogens with zero attached hydrogens (tertiary/aromatic N) is 1. The number of anilines is 1. The molecule has 0 bridgehead atoms. The van der Waals surface area contributed by atoms with Crippen molar-refractivity contribution >= 4 is 24.5 Å². The van der Waals surface area contributed by atoms with Crippen molar-refractivity contribution in [2.24, 2.45) is 17.8 Å². The zero-order valence-corrected chi connectivity index (χ0v) is 17.6. The fourth-order valence-electron chi connectivity index (χ4n) is 3.70. The molecule has 160 valence electrons. The summed E-state index contributed by atoms with van der Waals surface area (Å²) in [4.78, 5) is 27.6. The van der Waals surface area contributed by atoms with E-state index in [0.29, 0.717) is 19.4 Å². The summed E-state index contributed by atoms with van der Waals surface area (Å²) >= 11 is 0. The molecule has 3 N–H and O–H groups in total. The molecule has 0 aliphatic carbocycles. The van der Waals surface area contributed by atoms with Gasteiger partial charge in [0, 0.05) is 24.6 Å². The monoisotopic (exact) mass is 406 g/mol. The molecule has 1 saturated heterocycles. The van der Waals surface area contributed by atoms with Crippen LogP contribution in [0.3, 0.4) is 0 Å². The standard InChI is InChI=1S/C21H32BFN2O4/c1-13(2)11-20(22(28)29)24-21(27)17(14(3)4)12-19(26)18-9-10-25(18)16-7-5-15(23)6-8-16/h5-8,13-14,17-18,20,28-29H,9-12H2,1-4H3,(H,24,27). The van der Waals surface area contributed by atoms with Crippen LogP contribution in [0, 0.1) is 23.6 Å². The zero-order chi connectivity index (χ0) is 21.7. The van der Waals surface area contributed by atoms with Crippen LogP contribution >= 0.6 is 0 Å². The summed E-state index contributed by atoms with van der Waals surface area (Å²) in [5.41, 5.74) is 0.793. The van der Waals surface area contributed by atoms with E-state index >= 15 is 0 Å². The number of nitrogens with one attached hydrogen (secondary N) is 1. The molecule has 1 aliphatic heterocycles. The molecule has 1 heterocycles. The Balaban J connectivity index is 2.02. The third kappa shape index (κ3) is 6.28. The van der Waals surface area contributed by atoms with Crippen molar-refractivity contribution in [2.75, 3.05) is 11.4 Å². The van der Waals surface area contributed by atoms with Gasteiger partial charge in [0.05, 0.1) is 12.0 Å². The molecule has 1 fully saturated rings. The van der Waals surface area contributed by atoms with Gasteiger partial charge in [-0.15, -0.1) is 0 Å². The summed E-state index contributed by atoms with van der Waals surface area (Å²) in [5, 5.41) is 21.8. The largest absolute Gasteiger partial charge is 0.475 e.